The van der Waals surface area contributed by atoms with Crippen LogP contribution in [0.3, 0.4) is 0 Å². The van der Waals surface area contributed by atoms with E-state index in [4.69, 9.17) is 0 Å². The van der Waals surface area contributed by atoms with E-state index in [0.717, 1.165) is 0 Å². The standard InChI is InChI=1S/C13H23N3O2S/c1-6-14-12-9-11(7-8-15-12)19(17,18)16-10(2)13(3,4)5/h7-10,16H,6H2,1-5H3,(H,14,15). The van der Waals surface area contributed by atoms with E-state index in [1.807, 2.05) is 34.6 Å². The number of sulfonamides is 1. The molecule has 1 heterocycles. The summed E-state index contributed by atoms with van der Waals surface area (Å²) in [6.45, 7) is 10.5. The van der Waals surface area contributed by atoms with Crippen LogP contribution in [0.15, 0.2) is 23.2 Å². The second-order valence-corrected chi connectivity index (χ2v) is 7.33. The molecular weight excluding hydrogens is 262 g/mol. The number of hydrogen-bond acceptors (Lipinski definition) is 4. The van der Waals surface area contributed by atoms with Crippen molar-refractivity contribution in [2.75, 3.05) is 11.9 Å². The lowest BCUT2D eigenvalue weighted by atomic mass is 9.89. The third kappa shape index (κ3) is 4.47. The first kappa shape index (κ1) is 15.9. The zero-order valence-corrected chi connectivity index (χ0v) is 13.0. The molecule has 0 fully saturated rings. The number of aromatic nitrogens is 1. The summed E-state index contributed by atoms with van der Waals surface area (Å²) in [7, 11) is -3.51. The molecule has 0 spiro atoms. The van der Waals surface area contributed by atoms with Crippen LogP contribution in [0.1, 0.15) is 34.6 Å². The van der Waals surface area contributed by atoms with Crippen molar-refractivity contribution < 1.29 is 8.42 Å². The number of nitrogens with zero attached hydrogens (tertiary/aromatic N) is 1. The predicted octanol–water partition coefficient (Wildman–Crippen LogP) is 2.23. The molecule has 6 heteroatoms. The summed E-state index contributed by atoms with van der Waals surface area (Å²) >= 11 is 0. The summed E-state index contributed by atoms with van der Waals surface area (Å²) in [5.41, 5.74) is -0.134. The largest absolute Gasteiger partial charge is 0.370 e. The van der Waals surface area contributed by atoms with Crippen molar-refractivity contribution in [2.24, 2.45) is 5.41 Å². The van der Waals surface area contributed by atoms with Gasteiger partial charge in [0.1, 0.15) is 5.82 Å². The number of nitrogens with one attached hydrogen (secondary N) is 2. The van der Waals surface area contributed by atoms with Gasteiger partial charge in [0, 0.05) is 24.8 Å². The zero-order chi connectivity index (χ0) is 14.7. The molecular formula is C13H23N3O2S. The molecule has 0 amide bonds. The Morgan fingerprint density at radius 1 is 1.37 bits per heavy atom. The lowest BCUT2D eigenvalue weighted by Crippen LogP contribution is -2.41. The van der Waals surface area contributed by atoms with Crippen molar-refractivity contribution in [1.82, 2.24) is 9.71 Å². The van der Waals surface area contributed by atoms with Gasteiger partial charge in [0.25, 0.3) is 0 Å². The van der Waals surface area contributed by atoms with E-state index >= 15 is 0 Å². The molecule has 2 N–H and O–H groups in total. The minimum absolute atomic E-state index is 0.134. The van der Waals surface area contributed by atoms with Gasteiger partial charge in [0.15, 0.2) is 0 Å². The fourth-order valence-corrected chi connectivity index (χ4v) is 2.80. The van der Waals surface area contributed by atoms with Crippen molar-refractivity contribution in [3.63, 3.8) is 0 Å². The number of anilines is 1. The molecule has 0 aliphatic heterocycles. The molecule has 0 saturated carbocycles. The molecule has 1 aromatic heterocycles. The molecule has 19 heavy (non-hydrogen) atoms. The van der Waals surface area contributed by atoms with Crippen LogP contribution in [0.2, 0.25) is 0 Å². The van der Waals surface area contributed by atoms with Gasteiger partial charge in [-0.15, -0.1) is 0 Å². The Balaban J connectivity index is 2.97. The van der Waals surface area contributed by atoms with E-state index < -0.39 is 10.0 Å². The van der Waals surface area contributed by atoms with Crippen LogP contribution in [-0.2, 0) is 10.0 Å². The van der Waals surface area contributed by atoms with Gasteiger partial charge >= 0.3 is 0 Å². The molecule has 1 rings (SSSR count). The fraction of sp³-hybridized carbons (Fsp3) is 0.615. The number of rotatable bonds is 5. The van der Waals surface area contributed by atoms with Crippen LogP contribution in [0.5, 0.6) is 0 Å². The van der Waals surface area contributed by atoms with Gasteiger partial charge in [-0.25, -0.2) is 18.1 Å². The maximum atomic E-state index is 12.3. The molecule has 0 radical (unpaired) electrons. The fourth-order valence-electron chi connectivity index (χ4n) is 1.33. The summed E-state index contributed by atoms with van der Waals surface area (Å²) in [6, 6.07) is 2.88. The second kappa shape index (κ2) is 5.88. The topological polar surface area (TPSA) is 71.1 Å². The summed E-state index contributed by atoms with van der Waals surface area (Å²) in [5.74, 6) is 0.564. The maximum Gasteiger partial charge on any atom is 0.241 e. The van der Waals surface area contributed by atoms with E-state index in [0.29, 0.717) is 12.4 Å². The van der Waals surface area contributed by atoms with E-state index in [1.54, 1.807) is 6.07 Å². The van der Waals surface area contributed by atoms with E-state index in [2.05, 4.69) is 15.0 Å². The SMILES string of the molecule is CCNc1cc(S(=O)(=O)NC(C)C(C)(C)C)ccn1. The van der Waals surface area contributed by atoms with Gasteiger partial charge < -0.3 is 5.32 Å². The van der Waals surface area contributed by atoms with Gasteiger partial charge in [-0.05, 0) is 25.3 Å². The Morgan fingerprint density at radius 2 is 2.00 bits per heavy atom. The molecule has 108 valence electrons. The third-order valence-electron chi connectivity index (χ3n) is 3.03. The highest BCUT2D eigenvalue weighted by Crippen LogP contribution is 2.21. The Kier molecular flexibility index (Phi) is 4.92. The molecule has 0 saturated heterocycles. The van der Waals surface area contributed by atoms with Crippen molar-refractivity contribution in [2.45, 2.75) is 45.6 Å². The van der Waals surface area contributed by atoms with Gasteiger partial charge in [0.2, 0.25) is 10.0 Å². The highest BCUT2D eigenvalue weighted by molar-refractivity contribution is 7.89. The van der Waals surface area contributed by atoms with Crippen LogP contribution in [0, 0.1) is 5.41 Å². The number of hydrogen-bond donors (Lipinski definition) is 2. The Morgan fingerprint density at radius 3 is 2.53 bits per heavy atom. The van der Waals surface area contributed by atoms with Crippen LogP contribution in [0.4, 0.5) is 5.82 Å². The average molecular weight is 285 g/mol. The summed E-state index contributed by atoms with van der Waals surface area (Å²) < 4.78 is 27.3. The highest BCUT2D eigenvalue weighted by atomic mass is 32.2. The Labute approximate surface area is 115 Å². The number of pyridine rings is 1. The minimum Gasteiger partial charge on any atom is -0.370 e. The predicted molar refractivity (Wildman–Crippen MR) is 77.6 cm³/mol. The average Bonchev–Trinajstić information content (AvgIpc) is 2.28. The first-order valence-electron chi connectivity index (χ1n) is 6.39. The monoisotopic (exact) mass is 285 g/mol. The van der Waals surface area contributed by atoms with Crippen molar-refractivity contribution in [3.05, 3.63) is 18.3 Å². The van der Waals surface area contributed by atoms with Crippen LogP contribution in [-0.4, -0.2) is 26.0 Å². The third-order valence-corrected chi connectivity index (χ3v) is 4.57. The highest BCUT2D eigenvalue weighted by Gasteiger charge is 2.26. The van der Waals surface area contributed by atoms with Gasteiger partial charge in [-0.3, -0.25) is 0 Å². The maximum absolute atomic E-state index is 12.3. The molecule has 5 nitrogen and oxygen atoms in total. The summed E-state index contributed by atoms with van der Waals surface area (Å²) in [5, 5.41) is 3.00. The normalized spacial score (nSPS) is 14.2. The quantitative estimate of drug-likeness (QED) is 0.870. The van der Waals surface area contributed by atoms with Crippen molar-refractivity contribution in [3.8, 4) is 0 Å². The summed E-state index contributed by atoms with van der Waals surface area (Å²) in [4.78, 5) is 4.30. The molecule has 0 aromatic carbocycles. The molecule has 0 aliphatic carbocycles. The van der Waals surface area contributed by atoms with Crippen LogP contribution >= 0.6 is 0 Å². The van der Waals surface area contributed by atoms with Crippen molar-refractivity contribution in [1.29, 1.82) is 0 Å². The lowest BCUT2D eigenvalue weighted by Gasteiger charge is -2.27. The van der Waals surface area contributed by atoms with E-state index in [1.165, 1.54) is 12.3 Å². The first-order valence-corrected chi connectivity index (χ1v) is 7.87. The van der Waals surface area contributed by atoms with Gasteiger partial charge in [0.05, 0.1) is 4.90 Å². The zero-order valence-electron chi connectivity index (χ0n) is 12.2. The molecule has 0 bridgehead atoms. The van der Waals surface area contributed by atoms with E-state index in [-0.39, 0.29) is 16.4 Å². The molecule has 0 aliphatic rings. The summed E-state index contributed by atoms with van der Waals surface area (Å²) in [6.07, 6.45) is 1.49. The van der Waals surface area contributed by atoms with E-state index in [9.17, 15) is 8.42 Å². The Hall–Kier alpha value is -1.14. The minimum atomic E-state index is -3.51. The Bertz CT molecular complexity index is 521. The van der Waals surface area contributed by atoms with Gasteiger partial charge in [-0.1, -0.05) is 20.8 Å². The molecule has 1 atom stereocenters. The van der Waals surface area contributed by atoms with Crippen LogP contribution in [0.25, 0.3) is 0 Å². The molecule has 1 aromatic rings. The second-order valence-electron chi connectivity index (χ2n) is 5.62. The molecule has 1 unspecified atom stereocenters. The smallest absolute Gasteiger partial charge is 0.241 e. The lowest BCUT2D eigenvalue weighted by molar-refractivity contribution is 0.317. The first-order chi connectivity index (χ1) is 8.66. The van der Waals surface area contributed by atoms with Crippen molar-refractivity contribution >= 4 is 15.8 Å². The van der Waals surface area contributed by atoms with Gasteiger partial charge in [-0.2, -0.15) is 0 Å². The van der Waals surface area contributed by atoms with Crippen LogP contribution < -0.4 is 10.0 Å².